The minimum atomic E-state index is -0.430. The van der Waals surface area contributed by atoms with Crippen LogP contribution in [0, 0.1) is 18.2 Å². The Morgan fingerprint density at radius 1 is 1.11 bits per heavy atom. The van der Waals surface area contributed by atoms with Crippen molar-refractivity contribution in [3.63, 3.8) is 0 Å². The van der Waals surface area contributed by atoms with Crippen molar-refractivity contribution >= 4 is 34.8 Å². The molecule has 2 amide bonds. The predicted molar refractivity (Wildman–Crippen MR) is 134 cm³/mol. The van der Waals surface area contributed by atoms with Gasteiger partial charge in [-0.15, -0.1) is 0 Å². The molecule has 0 aliphatic carbocycles. The maximum absolute atomic E-state index is 14.3. The minimum Gasteiger partial charge on any atom is -0.354 e. The molecule has 0 unspecified atom stereocenters. The summed E-state index contributed by atoms with van der Waals surface area (Å²) in [5.41, 5.74) is 3.02. The van der Waals surface area contributed by atoms with Crippen LogP contribution in [-0.4, -0.2) is 64.2 Å². The van der Waals surface area contributed by atoms with Crippen molar-refractivity contribution in [3.8, 4) is 11.3 Å². The molecule has 8 nitrogen and oxygen atoms in total. The molecule has 0 saturated carbocycles. The van der Waals surface area contributed by atoms with E-state index in [1.807, 2.05) is 4.90 Å². The number of rotatable bonds is 4. The van der Waals surface area contributed by atoms with Gasteiger partial charge in [0.1, 0.15) is 11.6 Å². The summed E-state index contributed by atoms with van der Waals surface area (Å²) in [6.45, 7) is 5.55. The number of anilines is 3. The number of urea groups is 1. The highest BCUT2D eigenvalue weighted by Crippen LogP contribution is 2.39. The summed E-state index contributed by atoms with van der Waals surface area (Å²) in [5, 5.41) is 14.9. The van der Waals surface area contributed by atoms with Crippen LogP contribution in [0.1, 0.15) is 18.5 Å². The van der Waals surface area contributed by atoms with Gasteiger partial charge in [0, 0.05) is 54.7 Å². The Hall–Kier alpha value is -3.30. The summed E-state index contributed by atoms with van der Waals surface area (Å²) in [4.78, 5) is 21.3. The zero-order valence-corrected chi connectivity index (χ0v) is 20.4. The number of aromatic nitrogens is 3. The first-order valence-corrected chi connectivity index (χ1v) is 12.0. The molecule has 2 aliphatic heterocycles. The zero-order valence-electron chi connectivity index (χ0n) is 19.7. The molecular weight excluding hydrogens is 469 g/mol. The van der Waals surface area contributed by atoms with Gasteiger partial charge in [-0.25, -0.2) is 14.2 Å². The first-order chi connectivity index (χ1) is 16.8. The van der Waals surface area contributed by atoms with Gasteiger partial charge in [-0.3, -0.25) is 5.32 Å². The molecule has 1 aromatic carbocycles. The number of halogens is 2. The quantitative estimate of drug-likeness (QED) is 0.533. The van der Waals surface area contributed by atoms with Crippen LogP contribution in [0.5, 0.6) is 0 Å². The second-order valence-electron chi connectivity index (χ2n) is 9.50. The van der Waals surface area contributed by atoms with Crippen LogP contribution in [0.15, 0.2) is 42.6 Å². The fourth-order valence-electron chi connectivity index (χ4n) is 4.92. The van der Waals surface area contributed by atoms with Crippen molar-refractivity contribution in [2.45, 2.75) is 19.8 Å². The highest BCUT2D eigenvalue weighted by molar-refractivity contribution is 6.30. The van der Waals surface area contributed by atoms with Gasteiger partial charge < -0.3 is 15.1 Å². The number of carbonyl (C=O) groups excluding carboxylic acids is 1. The molecule has 3 aromatic rings. The third kappa shape index (κ3) is 5.06. The molecule has 4 heterocycles. The lowest BCUT2D eigenvalue weighted by Gasteiger charge is -2.52. The summed E-state index contributed by atoms with van der Waals surface area (Å²) in [6.07, 6.45) is 3.68. The number of carbonyl (C=O) groups is 1. The van der Waals surface area contributed by atoms with E-state index in [1.54, 1.807) is 31.3 Å². The second-order valence-corrected chi connectivity index (χ2v) is 9.93. The van der Waals surface area contributed by atoms with E-state index < -0.39 is 5.82 Å². The van der Waals surface area contributed by atoms with Gasteiger partial charge >= 0.3 is 6.03 Å². The number of pyridine rings is 1. The smallest absolute Gasteiger partial charge is 0.323 e. The van der Waals surface area contributed by atoms with Gasteiger partial charge in [-0.1, -0.05) is 11.6 Å². The predicted octanol–water partition coefficient (Wildman–Crippen LogP) is 4.94. The minimum absolute atomic E-state index is 0.141. The molecule has 10 heteroatoms. The van der Waals surface area contributed by atoms with E-state index in [4.69, 9.17) is 11.6 Å². The molecule has 182 valence electrons. The molecule has 2 aromatic heterocycles. The van der Waals surface area contributed by atoms with Gasteiger partial charge in [-0.2, -0.15) is 10.2 Å². The lowest BCUT2D eigenvalue weighted by atomic mass is 9.72. The van der Waals surface area contributed by atoms with Crippen LogP contribution in [0.2, 0.25) is 5.02 Å². The fraction of sp³-hybridized carbons (Fsp3) is 0.360. The van der Waals surface area contributed by atoms with Crippen molar-refractivity contribution < 1.29 is 9.18 Å². The fourth-order valence-corrected chi connectivity index (χ4v) is 5.10. The summed E-state index contributed by atoms with van der Waals surface area (Å²) >= 11 is 6.04. The van der Waals surface area contributed by atoms with Gasteiger partial charge in [0.25, 0.3) is 0 Å². The normalized spacial score (nSPS) is 17.2. The first kappa shape index (κ1) is 23.4. The van der Waals surface area contributed by atoms with E-state index in [0.29, 0.717) is 39.0 Å². The number of likely N-dealkylation sites (tertiary alicyclic amines) is 2. The summed E-state index contributed by atoms with van der Waals surface area (Å²) in [5.74, 6) is 0.0183. The highest BCUT2D eigenvalue weighted by Gasteiger charge is 2.43. The molecule has 2 N–H and O–H groups in total. The van der Waals surface area contributed by atoms with Crippen molar-refractivity contribution in [2.75, 3.05) is 43.9 Å². The average Bonchev–Trinajstić information content (AvgIpc) is 2.82. The van der Waals surface area contributed by atoms with Gasteiger partial charge in [0.15, 0.2) is 0 Å². The Morgan fingerprint density at radius 2 is 1.89 bits per heavy atom. The van der Waals surface area contributed by atoms with Crippen LogP contribution in [0.25, 0.3) is 11.3 Å². The molecule has 0 atom stereocenters. The van der Waals surface area contributed by atoms with E-state index in [9.17, 15) is 9.18 Å². The number of hydrogen-bond donors (Lipinski definition) is 2. The van der Waals surface area contributed by atoms with E-state index in [0.717, 1.165) is 39.0 Å². The summed E-state index contributed by atoms with van der Waals surface area (Å²) in [6, 6.07) is 9.43. The van der Waals surface area contributed by atoms with E-state index >= 15 is 0 Å². The van der Waals surface area contributed by atoms with E-state index in [2.05, 4.69) is 37.8 Å². The number of hydrogen-bond acceptors (Lipinski definition) is 6. The number of piperidine rings is 1. The number of nitrogens with zero attached hydrogens (tertiary/aromatic N) is 5. The average molecular weight is 496 g/mol. The topological polar surface area (TPSA) is 86.3 Å². The molecule has 1 spiro atoms. The molecular formula is C25H27ClFN7O. The maximum Gasteiger partial charge on any atom is 0.323 e. The van der Waals surface area contributed by atoms with Crippen molar-refractivity contribution in [1.29, 1.82) is 0 Å². The summed E-state index contributed by atoms with van der Waals surface area (Å²) < 4.78 is 14.3. The first-order valence-electron chi connectivity index (χ1n) is 11.6. The van der Waals surface area contributed by atoms with Crippen LogP contribution < -0.4 is 10.6 Å². The van der Waals surface area contributed by atoms with Crippen molar-refractivity contribution in [1.82, 2.24) is 25.0 Å². The Bertz CT molecular complexity index is 1250. The largest absolute Gasteiger partial charge is 0.354 e. The lowest BCUT2D eigenvalue weighted by Crippen LogP contribution is -2.59. The molecule has 2 fully saturated rings. The monoisotopic (exact) mass is 495 g/mol. The second kappa shape index (κ2) is 9.39. The summed E-state index contributed by atoms with van der Waals surface area (Å²) in [7, 11) is 2.14. The van der Waals surface area contributed by atoms with E-state index in [-0.39, 0.29) is 11.6 Å². The van der Waals surface area contributed by atoms with Crippen LogP contribution >= 0.6 is 11.6 Å². The lowest BCUT2D eigenvalue weighted by molar-refractivity contribution is -0.0223. The Morgan fingerprint density at radius 3 is 2.63 bits per heavy atom. The molecule has 2 saturated heterocycles. The highest BCUT2D eigenvalue weighted by atomic mass is 35.5. The zero-order chi connectivity index (χ0) is 24.6. The van der Waals surface area contributed by atoms with E-state index in [1.165, 1.54) is 18.2 Å². The number of amides is 2. The molecule has 35 heavy (non-hydrogen) atoms. The Kier molecular flexibility index (Phi) is 6.29. The Balaban J connectivity index is 1.26. The number of nitrogens with one attached hydrogen (secondary N) is 2. The van der Waals surface area contributed by atoms with Gasteiger partial charge in [-0.05, 0) is 62.6 Å². The Labute approximate surface area is 208 Å². The van der Waals surface area contributed by atoms with Crippen LogP contribution in [0.4, 0.5) is 26.4 Å². The van der Waals surface area contributed by atoms with Crippen LogP contribution in [0.3, 0.4) is 0 Å². The van der Waals surface area contributed by atoms with Gasteiger partial charge in [0.2, 0.25) is 0 Å². The van der Waals surface area contributed by atoms with Crippen LogP contribution in [-0.2, 0) is 0 Å². The third-order valence-corrected chi connectivity index (χ3v) is 7.01. The number of benzene rings is 1. The van der Waals surface area contributed by atoms with Crippen molar-refractivity contribution in [3.05, 3.63) is 59.1 Å². The third-order valence-electron chi connectivity index (χ3n) is 6.78. The maximum atomic E-state index is 14.3. The van der Waals surface area contributed by atoms with Crippen molar-refractivity contribution in [2.24, 2.45) is 5.41 Å². The standard InChI is InChI=1S/C25H27ClFN7O/c1-16-21(13-22(32-31-16)19-11-17(26)3-4-20(19)27)29-18-5-8-28-23(12-18)30-24(35)34-9-6-25(7-10-34)14-33(2)15-25/h3-5,8,11-13H,6-7,9-10,14-15H2,1-2H3,(H2,28,29,30,32,35). The SMILES string of the molecule is Cc1nnc(-c2cc(Cl)ccc2F)cc1Nc1ccnc(NC(=O)N2CCC3(CC2)CN(C)C3)c1. The van der Waals surface area contributed by atoms with Gasteiger partial charge in [0.05, 0.1) is 17.1 Å². The molecule has 5 rings (SSSR count). The number of aryl methyl sites for hydroxylation is 1. The molecule has 0 bridgehead atoms. The molecule has 0 radical (unpaired) electrons. The molecule has 2 aliphatic rings.